The molecule has 1 aromatic heterocycles. The van der Waals surface area contributed by atoms with Gasteiger partial charge in [0.05, 0.1) is 5.56 Å². The fourth-order valence-corrected chi connectivity index (χ4v) is 4.08. The van der Waals surface area contributed by atoms with Crippen molar-refractivity contribution in [1.82, 2.24) is 9.88 Å². The fourth-order valence-electron chi connectivity index (χ4n) is 4.08. The third-order valence-electron chi connectivity index (χ3n) is 5.60. The molecule has 1 aliphatic rings. The monoisotopic (exact) mass is 396 g/mol. The lowest BCUT2D eigenvalue weighted by molar-refractivity contribution is 0.0670. The highest BCUT2D eigenvalue weighted by Crippen LogP contribution is 2.25. The number of H-pyrrole nitrogens is 1. The van der Waals surface area contributed by atoms with Gasteiger partial charge < -0.3 is 9.88 Å². The second kappa shape index (κ2) is 8.15. The van der Waals surface area contributed by atoms with Gasteiger partial charge in [-0.05, 0) is 67.5 Å². The molecule has 0 aliphatic carbocycles. The molecule has 4 nitrogen and oxygen atoms in total. The Morgan fingerprint density at radius 3 is 2.62 bits per heavy atom. The molecule has 2 aromatic carbocycles. The summed E-state index contributed by atoms with van der Waals surface area (Å²) in [5, 5.41) is 0.419. The van der Waals surface area contributed by atoms with E-state index in [1.54, 1.807) is 17.0 Å². The molecule has 2 heterocycles. The van der Waals surface area contributed by atoms with Crippen molar-refractivity contribution in [2.75, 3.05) is 13.1 Å². The predicted molar refractivity (Wildman–Crippen MR) is 108 cm³/mol. The number of aromatic amines is 1. The van der Waals surface area contributed by atoms with E-state index in [1.807, 2.05) is 0 Å². The standard InChI is InChI=1S/C23H22F2N2O2/c24-17-7-5-15(6-8-17)3-4-16-2-1-11-27(14-16)23(29)20-13-22(28)26-21-10-9-18(25)12-19(20)21/h5-10,12-13,16H,1-4,11,14H2,(H,26,28)/t16-/m0/s1. The largest absolute Gasteiger partial charge is 0.338 e. The van der Waals surface area contributed by atoms with Gasteiger partial charge in [0.2, 0.25) is 5.56 Å². The summed E-state index contributed by atoms with van der Waals surface area (Å²) < 4.78 is 26.8. The molecule has 1 fully saturated rings. The third kappa shape index (κ3) is 4.36. The number of nitrogens with one attached hydrogen (secondary N) is 1. The lowest BCUT2D eigenvalue weighted by atomic mass is 9.91. The molecule has 6 heteroatoms. The number of rotatable bonds is 4. The maximum absolute atomic E-state index is 13.7. The Bertz CT molecular complexity index is 1090. The summed E-state index contributed by atoms with van der Waals surface area (Å²) in [6.07, 6.45) is 3.64. The third-order valence-corrected chi connectivity index (χ3v) is 5.60. The Labute approximate surface area is 167 Å². The van der Waals surface area contributed by atoms with E-state index in [2.05, 4.69) is 4.98 Å². The Morgan fingerprint density at radius 2 is 1.83 bits per heavy atom. The molecule has 1 saturated heterocycles. The summed E-state index contributed by atoms with van der Waals surface area (Å²) in [6.45, 7) is 1.22. The van der Waals surface area contributed by atoms with E-state index in [1.165, 1.54) is 36.4 Å². The van der Waals surface area contributed by atoms with Crippen LogP contribution in [0.4, 0.5) is 8.78 Å². The van der Waals surface area contributed by atoms with Gasteiger partial charge in [0.15, 0.2) is 0 Å². The van der Waals surface area contributed by atoms with E-state index in [4.69, 9.17) is 0 Å². The van der Waals surface area contributed by atoms with Crippen LogP contribution in [0.15, 0.2) is 53.3 Å². The van der Waals surface area contributed by atoms with Crippen LogP contribution in [0.5, 0.6) is 0 Å². The summed E-state index contributed by atoms with van der Waals surface area (Å²) in [4.78, 5) is 29.5. The number of carbonyl (C=O) groups excluding carboxylic acids is 1. The van der Waals surface area contributed by atoms with E-state index >= 15 is 0 Å². The minimum Gasteiger partial charge on any atom is -0.338 e. The van der Waals surface area contributed by atoms with Crippen LogP contribution in [0.25, 0.3) is 10.9 Å². The van der Waals surface area contributed by atoms with Gasteiger partial charge in [0, 0.05) is 30.1 Å². The minimum absolute atomic E-state index is 0.238. The molecule has 4 rings (SSSR count). The zero-order valence-electron chi connectivity index (χ0n) is 16.0. The molecule has 150 valence electrons. The Balaban J connectivity index is 1.50. The van der Waals surface area contributed by atoms with Crippen molar-refractivity contribution in [3.05, 3.63) is 81.6 Å². The van der Waals surface area contributed by atoms with Gasteiger partial charge in [-0.15, -0.1) is 0 Å². The van der Waals surface area contributed by atoms with E-state index in [-0.39, 0.29) is 22.8 Å². The van der Waals surface area contributed by atoms with Crippen LogP contribution < -0.4 is 5.56 Å². The summed E-state index contributed by atoms with van der Waals surface area (Å²) in [5.41, 5.74) is 1.39. The molecule has 3 aromatic rings. The summed E-state index contributed by atoms with van der Waals surface area (Å²) in [7, 11) is 0. The topological polar surface area (TPSA) is 53.2 Å². The predicted octanol–water partition coefficient (Wildman–Crippen LogP) is 4.29. The minimum atomic E-state index is -0.450. The highest BCUT2D eigenvalue weighted by Gasteiger charge is 2.26. The normalized spacial score (nSPS) is 16.9. The number of pyridine rings is 1. The number of aromatic nitrogens is 1. The quantitative estimate of drug-likeness (QED) is 0.715. The van der Waals surface area contributed by atoms with Crippen LogP contribution in [0, 0.1) is 17.6 Å². The van der Waals surface area contributed by atoms with E-state index in [0.29, 0.717) is 29.9 Å². The first-order valence-corrected chi connectivity index (χ1v) is 9.86. The van der Waals surface area contributed by atoms with Crippen LogP contribution in [0.1, 0.15) is 35.2 Å². The molecule has 0 bridgehead atoms. The zero-order valence-corrected chi connectivity index (χ0v) is 16.0. The molecular weight excluding hydrogens is 374 g/mol. The fraction of sp³-hybridized carbons (Fsp3) is 0.304. The molecule has 0 spiro atoms. The number of halogens is 2. The van der Waals surface area contributed by atoms with Crippen molar-refractivity contribution in [3.63, 3.8) is 0 Å². The second-order valence-electron chi connectivity index (χ2n) is 7.66. The van der Waals surface area contributed by atoms with Gasteiger partial charge in [0.1, 0.15) is 11.6 Å². The zero-order chi connectivity index (χ0) is 20.4. The number of amides is 1. The van der Waals surface area contributed by atoms with Crippen molar-refractivity contribution in [2.45, 2.75) is 25.7 Å². The number of hydrogen-bond acceptors (Lipinski definition) is 2. The molecule has 1 amide bonds. The number of hydrogen-bond donors (Lipinski definition) is 1. The summed E-state index contributed by atoms with van der Waals surface area (Å²) >= 11 is 0. The Morgan fingerprint density at radius 1 is 1.07 bits per heavy atom. The summed E-state index contributed by atoms with van der Waals surface area (Å²) in [6, 6.07) is 11.8. The first-order valence-electron chi connectivity index (χ1n) is 9.86. The van der Waals surface area contributed by atoms with Gasteiger partial charge in [-0.25, -0.2) is 8.78 Å². The van der Waals surface area contributed by atoms with Crippen molar-refractivity contribution in [1.29, 1.82) is 0 Å². The number of likely N-dealkylation sites (tertiary alicyclic amines) is 1. The highest BCUT2D eigenvalue weighted by atomic mass is 19.1. The van der Waals surface area contributed by atoms with Gasteiger partial charge in [-0.3, -0.25) is 9.59 Å². The van der Waals surface area contributed by atoms with Crippen molar-refractivity contribution < 1.29 is 13.6 Å². The first-order chi connectivity index (χ1) is 14.0. The van der Waals surface area contributed by atoms with Crippen molar-refractivity contribution >= 4 is 16.8 Å². The van der Waals surface area contributed by atoms with Crippen LogP contribution in [-0.4, -0.2) is 28.9 Å². The molecule has 0 unspecified atom stereocenters. The SMILES string of the molecule is O=C(c1cc(=O)[nH]c2ccc(F)cc12)N1CCC[C@@H](CCc2ccc(F)cc2)C1. The van der Waals surface area contributed by atoms with Crippen LogP contribution in [-0.2, 0) is 6.42 Å². The average Bonchev–Trinajstić information content (AvgIpc) is 2.73. The van der Waals surface area contributed by atoms with Gasteiger partial charge in [-0.1, -0.05) is 12.1 Å². The van der Waals surface area contributed by atoms with E-state index in [9.17, 15) is 18.4 Å². The molecule has 0 saturated carbocycles. The van der Waals surface area contributed by atoms with Crippen LogP contribution >= 0.6 is 0 Å². The van der Waals surface area contributed by atoms with Crippen LogP contribution in [0.3, 0.4) is 0 Å². The van der Waals surface area contributed by atoms with Gasteiger partial charge in [0.25, 0.3) is 5.91 Å². The van der Waals surface area contributed by atoms with Gasteiger partial charge >= 0.3 is 0 Å². The van der Waals surface area contributed by atoms with Crippen molar-refractivity contribution in [2.24, 2.45) is 5.92 Å². The smallest absolute Gasteiger partial charge is 0.254 e. The first kappa shape index (κ1) is 19.3. The molecule has 0 radical (unpaired) electrons. The Kier molecular flexibility index (Phi) is 5.43. The van der Waals surface area contributed by atoms with E-state index in [0.717, 1.165) is 31.2 Å². The number of aryl methyl sites for hydroxylation is 1. The van der Waals surface area contributed by atoms with E-state index < -0.39 is 5.82 Å². The number of benzene rings is 2. The number of nitrogens with zero attached hydrogens (tertiary/aromatic N) is 1. The lowest BCUT2D eigenvalue weighted by Gasteiger charge is -2.33. The molecule has 29 heavy (non-hydrogen) atoms. The summed E-state index contributed by atoms with van der Waals surface area (Å²) in [5.74, 6) is -0.597. The van der Waals surface area contributed by atoms with Crippen molar-refractivity contribution in [3.8, 4) is 0 Å². The lowest BCUT2D eigenvalue weighted by Crippen LogP contribution is -2.40. The Hall–Kier alpha value is -3.02. The number of fused-ring (bicyclic) bond motifs is 1. The number of piperidine rings is 1. The number of carbonyl (C=O) groups is 1. The molecule has 1 N–H and O–H groups in total. The highest BCUT2D eigenvalue weighted by molar-refractivity contribution is 6.06. The second-order valence-corrected chi connectivity index (χ2v) is 7.66. The average molecular weight is 396 g/mol. The van der Waals surface area contributed by atoms with Gasteiger partial charge in [-0.2, -0.15) is 0 Å². The maximum Gasteiger partial charge on any atom is 0.254 e. The molecule has 1 atom stereocenters. The van der Waals surface area contributed by atoms with Crippen LogP contribution in [0.2, 0.25) is 0 Å². The molecule has 1 aliphatic heterocycles. The maximum atomic E-state index is 13.7. The molecular formula is C23H22F2N2O2.